The molecule has 2 fully saturated rings. The molecule has 0 aliphatic heterocycles. The maximum Gasteiger partial charge on any atom is 0.490 e. The molecule has 0 aromatic heterocycles. The van der Waals surface area contributed by atoms with Crippen molar-refractivity contribution in [2.24, 2.45) is 0 Å². The zero-order valence-corrected chi connectivity index (χ0v) is 24.4. The molecule has 0 heterocycles. The van der Waals surface area contributed by atoms with Crippen molar-refractivity contribution in [2.45, 2.75) is 123 Å². The summed E-state index contributed by atoms with van der Waals surface area (Å²) in [6, 6.07) is 0. The van der Waals surface area contributed by atoms with Gasteiger partial charge in [-0.05, 0) is 39.3 Å². The molecule has 0 amide bonds. The first-order valence-electron chi connectivity index (χ1n) is 13.9. The summed E-state index contributed by atoms with van der Waals surface area (Å²) in [6.07, 6.45) is 7.57. The number of alkyl halides is 3. The van der Waals surface area contributed by atoms with Crippen LogP contribution in [0.3, 0.4) is 0 Å². The van der Waals surface area contributed by atoms with E-state index in [1.54, 1.807) is 0 Å². The number of hydrogen-bond donors (Lipinski definition) is 3. The van der Waals surface area contributed by atoms with Crippen LogP contribution in [-0.2, 0) is 28.5 Å². The molecular formula is C25H51B2F3O9. The number of carboxylic acid groups (broad SMARTS) is 1. The van der Waals surface area contributed by atoms with Gasteiger partial charge >= 0.3 is 19.3 Å². The van der Waals surface area contributed by atoms with Crippen LogP contribution in [-0.4, -0.2) is 81.0 Å². The van der Waals surface area contributed by atoms with E-state index in [2.05, 4.69) is 13.7 Å². The van der Waals surface area contributed by atoms with Crippen molar-refractivity contribution in [1.29, 1.82) is 0 Å². The first-order chi connectivity index (χ1) is 18.4. The van der Waals surface area contributed by atoms with Gasteiger partial charge < -0.3 is 38.8 Å². The maximum atomic E-state index is 10.6. The Balaban J connectivity index is -0.000000438. The maximum absolute atomic E-state index is 10.6. The van der Waals surface area contributed by atoms with E-state index in [-0.39, 0.29) is 5.82 Å². The highest BCUT2D eigenvalue weighted by molar-refractivity contribution is 6.52. The molecule has 0 spiro atoms. The van der Waals surface area contributed by atoms with E-state index in [0.717, 1.165) is 25.3 Å². The van der Waals surface area contributed by atoms with Gasteiger partial charge in [-0.2, -0.15) is 13.2 Å². The van der Waals surface area contributed by atoms with Gasteiger partial charge in [-0.1, -0.05) is 71.0 Å². The number of rotatable bonds is 10. The number of hydrogen-bond acceptors (Lipinski definition) is 8. The van der Waals surface area contributed by atoms with E-state index in [1.165, 1.54) is 51.4 Å². The Kier molecular flexibility index (Phi) is 30.7. The van der Waals surface area contributed by atoms with E-state index < -0.39 is 25.7 Å². The summed E-state index contributed by atoms with van der Waals surface area (Å²) in [5, 5.41) is 24.6. The Morgan fingerprint density at radius 2 is 1.13 bits per heavy atom. The standard InChI is InChI=1S/C9H19BO.C7H16O3.C6H13BO2.C2HF3O2.CH2O/c1-3-11-10(2)9-7-5-4-6-8-9;1-4-8-7(9-5-2)10-6-3;8-7(9)6-4-2-1-3-5-6;3-2(4,5)1(6)7;1-2/h9H,3-8H2,1-2H3;7H,4-6H2,1-3H3;6,8-9H,1-5H2;(H,6,7);1H2. The number of carbonyl (C=O) groups excluding carboxylic acids is 1. The summed E-state index contributed by atoms with van der Waals surface area (Å²) in [5.41, 5.74) is 0. The molecule has 0 bridgehead atoms. The minimum atomic E-state index is -5.08. The van der Waals surface area contributed by atoms with Crippen molar-refractivity contribution < 1.29 is 56.8 Å². The van der Waals surface area contributed by atoms with Crippen LogP contribution in [0.25, 0.3) is 0 Å². The molecule has 0 radical (unpaired) electrons. The molecule has 14 heteroatoms. The molecule has 39 heavy (non-hydrogen) atoms. The summed E-state index contributed by atoms with van der Waals surface area (Å²) >= 11 is 0. The fraction of sp³-hybridized carbons (Fsp3) is 0.920. The Hall–Kier alpha value is -1.18. The minimum Gasteiger partial charge on any atom is -0.475 e. The first-order valence-corrected chi connectivity index (χ1v) is 13.9. The Bertz CT molecular complexity index is 521. The van der Waals surface area contributed by atoms with Crippen molar-refractivity contribution in [3.8, 4) is 0 Å². The van der Waals surface area contributed by atoms with Gasteiger partial charge in [0.2, 0.25) is 0 Å². The van der Waals surface area contributed by atoms with Crippen LogP contribution in [0.2, 0.25) is 18.5 Å². The second-order valence-corrected chi connectivity index (χ2v) is 8.83. The lowest BCUT2D eigenvalue weighted by Gasteiger charge is -2.24. The number of halogens is 3. The molecule has 2 aliphatic carbocycles. The largest absolute Gasteiger partial charge is 0.490 e. The smallest absolute Gasteiger partial charge is 0.475 e. The monoisotopic (exact) mass is 574 g/mol. The van der Waals surface area contributed by atoms with Gasteiger partial charge in [0.05, 0.1) is 0 Å². The van der Waals surface area contributed by atoms with Crippen LogP contribution in [0.5, 0.6) is 0 Å². The molecule has 0 saturated heterocycles. The third kappa shape index (κ3) is 26.8. The summed E-state index contributed by atoms with van der Waals surface area (Å²) in [6.45, 7) is 14.8. The van der Waals surface area contributed by atoms with Crippen molar-refractivity contribution in [3.63, 3.8) is 0 Å². The Morgan fingerprint density at radius 3 is 1.36 bits per heavy atom. The second-order valence-electron chi connectivity index (χ2n) is 8.83. The lowest BCUT2D eigenvalue weighted by atomic mass is 9.53. The summed E-state index contributed by atoms with van der Waals surface area (Å²) in [5.74, 6) is -1.74. The van der Waals surface area contributed by atoms with E-state index in [0.29, 0.717) is 26.7 Å². The Labute approximate surface area is 233 Å². The van der Waals surface area contributed by atoms with Gasteiger partial charge in [0.1, 0.15) is 6.79 Å². The van der Waals surface area contributed by atoms with Crippen molar-refractivity contribution >= 4 is 26.8 Å². The molecule has 0 aromatic rings. The van der Waals surface area contributed by atoms with E-state index in [1.807, 2.05) is 27.6 Å². The van der Waals surface area contributed by atoms with Crippen LogP contribution >= 0.6 is 0 Å². The predicted molar refractivity (Wildman–Crippen MR) is 147 cm³/mol. The van der Waals surface area contributed by atoms with Gasteiger partial charge in [0.15, 0.2) is 0 Å². The molecule has 3 N–H and O–H groups in total. The van der Waals surface area contributed by atoms with E-state index in [9.17, 15) is 13.2 Å². The van der Waals surface area contributed by atoms with Gasteiger partial charge in [0, 0.05) is 26.4 Å². The highest BCUT2D eigenvalue weighted by Gasteiger charge is 2.38. The SMILES string of the molecule is C=O.CCOB(C)C1CCCCC1.CCOC(OCC)OCC.O=C(O)C(F)(F)F.OB(O)C1CCCCC1. The van der Waals surface area contributed by atoms with Crippen molar-refractivity contribution in [2.75, 3.05) is 26.4 Å². The zero-order chi connectivity index (χ0) is 30.7. The predicted octanol–water partition coefficient (Wildman–Crippen LogP) is 5.60. The number of carbonyl (C=O) groups is 2. The lowest BCUT2D eigenvalue weighted by Crippen LogP contribution is -2.23. The summed E-state index contributed by atoms with van der Waals surface area (Å²) in [4.78, 5) is 16.9. The third-order valence-electron chi connectivity index (χ3n) is 5.97. The van der Waals surface area contributed by atoms with Crippen molar-refractivity contribution in [3.05, 3.63) is 0 Å². The number of ether oxygens (including phenoxy) is 3. The molecule has 2 rings (SSSR count). The normalized spacial score (nSPS) is 15.7. The molecule has 0 atom stereocenters. The van der Waals surface area contributed by atoms with E-state index >= 15 is 0 Å². The first kappa shape index (κ1) is 42.3. The van der Waals surface area contributed by atoms with Crippen LogP contribution < -0.4 is 0 Å². The molecule has 9 nitrogen and oxygen atoms in total. The fourth-order valence-electron chi connectivity index (χ4n) is 3.99. The van der Waals surface area contributed by atoms with Crippen LogP contribution in [0.4, 0.5) is 13.2 Å². The van der Waals surface area contributed by atoms with Gasteiger partial charge in [-0.3, -0.25) is 0 Å². The summed E-state index contributed by atoms with van der Waals surface area (Å²) in [7, 11) is -1.06. The average molecular weight is 574 g/mol. The zero-order valence-electron chi connectivity index (χ0n) is 24.4. The van der Waals surface area contributed by atoms with E-state index in [4.69, 9.17) is 43.6 Å². The molecule has 2 saturated carbocycles. The van der Waals surface area contributed by atoms with Crippen LogP contribution in [0.1, 0.15) is 91.9 Å². The molecule has 2 aliphatic rings. The average Bonchev–Trinajstić information content (AvgIpc) is 2.92. The highest BCUT2D eigenvalue weighted by atomic mass is 19.4. The molecule has 0 unspecified atom stereocenters. The van der Waals surface area contributed by atoms with Gasteiger partial charge in [0.25, 0.3) is 13.4 Å². The summed E-state index contributed by atoms with van der Waals surface area (Å²) < 4.78 is 52.6. The Morgan fingerprint density at radius 1 is 0.795 bits per heavy atom. The highest BCUT2D eigenvalue weighted by Crippen LogP contribution is 2.31. The third-order valence-corrected chi connectivity index (χ3v) is 5.97. The molecular weight excluding hydrogens is 523 g/mol. The minimum absolute atomic E-state index is 0.166. The lowest BCUT2D eigenvalue weighted by molar-refractivity contribution is -0.282. The topological polar surface area (TPSA) is 132 Å². The fourth-order valence-corrected chi connectivity index (χ4v) is 3.99. The van der Waals surface area contributed by atoms with Crippen molar-refractivity contribution in [1.82, 2.24) is 0 Å². The molecule has 232 valence electrons. The second kappa shape index (κ2) is 28.4. The van der Waals surface area contributed by atoms with Gasteiger partial charge in [-0.15, -0.1) is 0 Å². The number of aliphatic carboxylic acids is 1. The quantitative estimate of drug-likeness (QED) is 0.225. The van der Waals surface area contributed by atoms with Crippen LogP contribution in [0.15, 0.2) is 0 Å². The van der Waals surface area contributed by atoms with Gasteiger partial charge in [-0.25, -0.2) is 4.79 Å². The molecule has 0 aromatic carbocycles. The van der Waals surface area contributed by atoms with Crippen LogP contribution in [0, 0.1) is 0 Å². The number of carboxylic acids is 1.